The lowest BCUT2D eigenvalue weighted by Crippen LogP contribution is -2.15. The quantitative estimate of drug-likeness (QED) is 0.475. The van der Waals surface area contributed by atoms with Gasteiger partial charge < -0.3 is 10.2 Å². The van der Waals surface area contributed by atoms with Crippen molar-refractivity contribution in [1.29, 1.82) is 0 Å². The second kappa shape index (κ2) is 4.07. The van der Waals surface area contributed by atoms with E-state index in [4.69, 9.17) is 0 Å². The highest BCUT2D eigenvalue weighted by Crippen LogP contribution is 2.47. The van der Waals surface area contributed by atoms with Gasteiger partial charge in [-0.15, -0.1) is 0 Å². The molecule has 4 aromatic rings. The Labute approximate surface area is 127 Å². The zero-order chi connectivity index (χ0) is 14.8. The highest BCUT2D eigenvalue weighted by molar-refractivity contribution is 6.27. The van der Waals surface area contributed by atoms with Crippen LogP contribution in [-0.2, 0) is 0 Å². The molecule has 4 aromatic carbocycles. The van der Waals surface area contributed by atoms with Crippen LogP contribution in [0.5, 0.6) is 0 Å². The molecule has 0 bridgehead atoms. The average molecular weight is 286 g/mol. The summed E-state index contributed by atoms with van der Waals surface area (Å²) in [6.07, 6.45) is -1.74. The van der Waals surface area contributed by atoms with E-state index in [9.17, 15) is 10.2 Å². The van der Waals surface area contributed by atoms with Crippen LogP contribution < -0.4 is 0 Å². The van der Waals surface area contributed by atoms with Gasteiger partial charge in [0.1, 0.15) is 12.2 Å². The highest BCUT2D eigenvalue weighted by Gasteiger charge is 2.30. The minimum absolute atomic E-state index is 0.819. The van der Waals surface area contributed by atoms with Crippen molar-refractivity contribution < 1.29 is 10.2 Å². The first-order valence-electron chi connectivity index (χ1n) is 7.49. The third kappa shape index (κ3) is 1.32. The molecule has 2 N–H and O–H groups in total. The molecule has 0 radical (unpaired) electrons. The molecule has 0 aliphatic heterocycles. The molecule has 2 nitrogen and oxygen atoms in total. The lowest BCUT2D eigenvalue weighted by atomic mass is 9.81. The molecule has 2 heteroatoms. The first-order chi connectivity index (χ1) is 10.8. The van der Waals surface area contributed by atoms with Crippen LogP contribution in [0, 0.1) is 0 Å². The third-order valence-corrected chi connectivity index (χ3v) is 4.89. The average Bonchev–Trinajstić information content (AvgIpc) is 2.58. The lowest BCUT2D eigenvalue weighted by molar-refractivity contribution is 0.0178. The van der Waals surface area contributed by atoms with Gasteiger partial charge in [0, 0.05) is 0 Å². The normalized spacial score (nSPS) is 20.3. The predicted octanol–water partition coefficient (Wildman–Crippen LogP) is 4.23. The Balaban J connectivity index is 2.22. The Morgan fingerprint density at radius 1 is 0.500 bits per heavy atom. The summed E-state index contributed by atoms with van der Waals surface area (Å²) in [6, 6.07) is 20.3. The standard InChI is InChI=1S/C20H14O2/c21-19-15-9-3-7-13-11-5-1-2-6-12(11)14-8-4-10-16(20(19)22)18(14)17(13)15/h1-10,19-22H. The zero-order valence-electron chi connectivity index (χ0n) is 11.8. The summed E-state index contributed by atoms with van der Waals surface area (Å²) in [5.41, 5.74) is 1.64. The first-order valence-corrected chi connectivity index (χ1v) is 7.49. The van der Waals surface area contributed by atoms with Crippen LogP contribution in [0.2, 0.25) is 0 Å². The minimum atomic E-state index is -0.872. The Morgan fingerprint density at radius 3 is 1.36 bits per heavy atom. The fourth-order valence-electron chi connectivity index (χ4n) is 3.93. The van der Waals surface area contributed by atoms with E-state index in [1.54, 1.807) is 0 Å². The van der Waals surface area contributed by atoms with Crippen molar-refractivity contribution >= 4 is 32.3 Å². The van der Waals surface area contributed by atoms with Gasteiger partial charge in [0.15, 0.2) is 0 Å². The van der Waals surface area contributed by atoms with E-state index < -0.39 is 12.2 Å². The van der Waals surface area contributed by atoms with E-state index in [0.29, 0.717) is 0 Å². The molecule has 2 unspecified atom stereocenters. The van der Waals surface area contributed by atoms with Crippen molar-refractivity contribution in [2.75, 3.05) is 0 Å². The minimum Gasteiger partial charge on any atom is -0.385 e. The van der Waals surface area contributed by atoms with Crippen LogP contribution in [0.1, 0.15) is 23.3 Å². The molecule has 0 aromatic heterocycles. The van der Waals surface area contributed by atoms with E-state index in [-0.39, 0.29) is 0 Å². The summed E-state index contributed by atoms with van der Waals surface area (Å²) >= 11 is 0. The summed E-state index contributed by atoms with van der Waals surface area (Å²) in [6.45, 7) is 0. The zero-order valence-corrected chi connectivity index (χ0v) is 11.8. The maximum absolute atomic E-state index is 10.5. The van der Waals surface area contributed by atoms with Gasteiger partial charge in [-0.05, 0) is 43.4 Å². The monoisotopic (exact) mass is 286 g/mol. The van der Waals surface area contributed by atoms with E-state index in [1.165, 1.54) is 10.8 Å². The fourth-order valence-corrected chi connectivity index (χ4v) is 3.93. The van der Waals surface area contributed by atoms with Crippen LogP contribution in [-0.4, -0.2) is 10.2 Å². The van der Waals surface area contributed by atoms with Crippen LogP contribution in [0.15, 0.2) is 60.7 Å². The molecular weight excluding hydrogens is 272 g/mol. The van der Waals surface area contributed by atoms with E-state index >= 15 is 0 Å². The number of fused-ring (bicyclic) bond motifs is 3. The molecule has 0 heterocycles. The maximum atomic E-state index is 10.5. The van der Waals surface area contributed by atoms with Gasteiger partial charge in [0.05, 0.1) is 0 Å². The Morgan fingerprint density at radius 2 is 0.909 bits per heavy atom. The second-order valence-corrected chi connectivity index (χ2v) is 5.97. The van der Waals surface area contributed by atoms with Crippen LogP contribution in [0.25, 0.3) is 32.3 Å². The van der Waals surface area contributed by atoms with Crippen LogP contribution in [0.4, 0.5) is 0 Å². The Bertz CT molecular complexity index is 979. The second-order valence-electron chi connectivity index (χ2n) is 5.97. The van der Waals surface area contributed by atoms with Crippen molar-refractivity contribution in [3.63, 3.8) is 0 Å². The van der Waals surface area contributed by atoms with Crippen molar-refractivity contribution in [3.8, 4) is 0 Å². The smallest absolute Gasteiger partial charge is 0.110 e. The molecule has 1 aliphatic carbocycles. The van der Waals surface area contributed by atoms with Gasteiger partial charge in [-0.2, -0.15) is 0 Å². The summed E-state index contributed by atoms with van der Waals surface area (Å²) in [5.74, 6) is 0. The molecule has 0 amide bonds. The van der Waals surface area contributed by atoms with E-state index in [1.807, 2.05) is 36.4 Å². The first kappa shape index (κ1) is 12.2. The molecule has 0 fully saturated rings. The summed E-state index contributed by atoms with van der Waals surface area (Å²) in [5, 5.41) is 27.8. The molecule has 0 spiro atoms. The largest absolute Gasteiger partial charge is 0.385 e. The molecule has 2 atom stereocenters. The van der Waals surface area contributed by atoms with E-state index in [0.717, 1.165) is 32.7 Å². The molecule has 0 saturated heterocycles. The number of hydrogen-bond donors (Lipinski definition) is 2. The fraction of sp³-hybridized carbons (Fsp3) is 0.100. The molecule has 22 heavy (non-hydrogen) atoms. The van der Waals surface area contributed by atoms with Gasteiger partial charge in [0.2, 0.25) is 0 Å². The van der Waals surface area contributed by atoms with Crippen LogP contribution in [0.3, 0.4) is 0 Å². The molecule has 0 saturated carbocycles. The number of benzene rings is 4. The van der Waals surface area contributed by atoms with Gasteiger partial charge in [-0.25, -0.2) is 0 Å². The summed E-state index contributed by atoms with van der Waals surface area (Å²) < 4.78 is 0. The topological polar surface area (TPSA) is 40.5 Å². The van der Waals surface area contributed by atoms with Gasteiger partial charge in [-0.3, -0.25) is 0 Å². The number of aliphatic hydroxyl groups is 2. The number of hydrogen-bond acceptors (Lipinski definition) is 2. The molecule has 5 rings (SSSR count). The molecule has 106 valence electrons. The summed E-state index contributed by atoms with van der Waals surface area (Å²) in [4.78, 5) is 0. The highest BCUT2D eigenvalue weighted by atomic mass is 16.3. The molecular formula is C20H14O2. The van der Waals surface area contributed by atoms with Crippen molar-refractivity contribution in [3.05, 3.63) is 71.8 Å². The third-order valence-electron chi connectivity index (χ3n) is 4.89. The van der Waals surface area contributed by atoms with E-state index in [2.05, 4.69) is 24.3 Å². The predicted molar refractivity (Wildman–Crippen MR) is 88.9 cm³/mol. The maximum Gasteiger partial charge on any atom is 0.110 e. The molecule has 1 aliphatic rings. The van der Waals surface area contributed by atoms with Gasteiger partial charge >= 0.3 is 0 Å². The van der Waals surface area contributed by atoms with Crippen LogP contribution >= 0.6 is 0 Å². The van der Waals surface area contributed by atoms with Gasteiger partial charge in [0.25, 0.3) is 0 Å². The number of rotatable bonds is 0. The number of aliphatic hydroxyl groups excluding tert-OH is 2. The van der Waals surface area contributed by atoms with Crippen molar-refractivity contribution in [1.82, 2.24) is 0 Å². The summed E-state index contributed by atoms with van der Waals surface area (Å²) in [7, 11) is 0. The Kier molecular flexibility index (Phi) is 2.25. The lowest BCUT2D eigenvalue weighted by Gasteiger charge is -2.28. The Hall–Kier alpha value is -2.42. The van der Waals surface area contributed by atoms with Crippen molar-refractivity contribution in [2.45, 2.75) is 12.2 Å². The SMILES string of the molecule is OC1c2cccc3c4ccccc4c4cccc(c4c23)C1O. The van der Waals surface area contributed by atoms with Crippen molar-refractivity contribution in [2.24, 2.45) is 0 Å². The van der Waals surface area contributed by atoms with Gasteiger partial charge in [-0.1, -0.05) is 60.7 Å².